The van der Waals surface area contributed by atoms with E-state index in [9.17, 15) is 14.4 Å². The molecule has 0 aliphatic rings. The fraction of sp³-hybridized carbons (Fsp3) is 0.103. The zero-order valence-electron chi connectivity index (χ0n) is 26.5. The number of anilines is 4. The molecule has 7 nitrogen and oxygen atoms in total. The Morgan fingerprint density at radius 1 is 0.660 bits per heavy atom. The van der Waals surface area contributed by atoms with Crippen molar-refractivity contribution in [3.63, 3.8) is 0 Å². The Morgan fingerprint density at radius 3 is 1.72 bits per heavy atom. The van der Waals surface area contributed by atoms with Crippen LogP contribution in [0.15, 0.2) is 150 Å². The van der Waals surface area contributed by atoms with Crippen molar-refractivity contribution in [2.45, 2.75) is 17.1 Å². The summed E-state index contributed by atoms with van der Waals surface area (Å²) in [4.78, 5) is 44.8. The summed E-state index contributed by atoms with van der Waals surface area (Å²) >= 11 is 1.44. The summed E-state index contributed by atoms with van der Waals surface area (Å²) in [5.41, 5.74) is 4.48. The van der Waals surface area contributed by atoms with Gasteiger partial charge in [-0.2, -0.15) is 0 Å². The molecule has 0 heterocycles. The minimum absolute atomic E-state index is 0.0488. The smallest absolute Gasteiger partial charge is 0.272 e. The lowest BCUT2D eigenvalue weighted by molar-refractivity contribution is -0.117. The van der Waals surface area contributed by atoms with Crippen LogP contribution in [0.25, 0.3) is 6.08 Å². The first-order chi connectivity index (χ1) is 22.8. The second-order valence-electron chi connectivity index (χ2n) is 10.9. The molecule has 0 spiro atoms. The van der Waals surface area contributed by atoms with Crippen LogP contribution in [0.3, 0.4) is 0 Å². The van der Waals surface area contributed by atoms with Gasteiger partial charge in [0.25, 0.3) is 11.8 Å². The van der Waals surface area contributed by atoms with Crippen molar-refractivity contribution in [3.05, 3.63) is 156 Å². The van der Waals surface area contributed by atoms with Crippen LogP contribution in [-0.2, 0) is 9.59 Å². The van der Waals surface area contributed by atoms with Crippen molar-refractivity contribution >= 4 is 58.3 Å². The molecule has 5 aromatic rings. The predicted octanol–water partition coefficient (Wildman–Crippen LogP) is 8.01. The van der Waals surface area contributed by atoms with Crippen LogP contribution in [0.5, 0.6) is 0 Å². The third kappa shape index (κ3) is 8.77. The number of nitrogens with zero attached hydrogens (tertiary/aromatic N) is 2. The molecule has 0 bridgehead atoms. The number of nitrogens with one attached hydrogen (secondary N) is 2. The van der Waals surface area contributed by atoms with Crippen LogP contribution in [0.4, 0.5) is 22.7 Å². The molecule has 1 unspecified atom stereocenters. The third-order valence-corrected chi connectivity index (χ3v) is 8.37. The molecule has 236 valence electrons. The summed E-state index contributed by atoms with van der Waals surface area (Å²) in [5.74, 6) is -0.897. The summed E-state index contributed by atoms with van der Waals surface area (Å²) in [6.45, 7) is 1.89. The van der Waals surface area contributed by atoms with Crippen molar-refractivity contribution in [2.24, 2.45) is 0 Å². The van der Waals surface area contributed by atoms with E-state index in [1.54, 1.807) is 47.4 Å². The molecule has 2 N–H and O–H groups in total. The van der Waals surface area contributed by atoms with Crippen molar-refractivity contribution in [3.8, 4) is 0 Å². The molecule has 0 fully saturated rings. The molecule has 0 aliphatic carbocycles. The maximum atomic E-state index is 13.7. The number of amides is 3. The van der Waals surface area contributed by atoms with Crippen molar-refractivity contribution in [2.75, 3.05) is 29.2 Å². The lowest BCUT2D eigenvalue weighted by Gasteiger charge is -2.26. The van der Waals surface area contributed by atoms with Gasteiger partial charge in [-0.1, -0.05) is 66.7 Å². The number of thioether (sulfide) groups is 1. The Kier molecular flexibility index (Phi) is 10.9. The maximum Gasteiger partial charge on any atom is 0.272 e. The van der Waals surface area contributed by atoms with Gasteiger partial charge in [0.05, 0.1) is 5.25 Å². The number of hydrogen-bond acceptors (Lipinski definition) is 5. The zero-order valence-corrected chi connectivity index (χ0v) is 27.3. The molecule has 5 aromatic carbocycles. The highest BCUT2D eigenvalue weighted by molar-refractivity contribution is 8.00. The quantitative estimate of drug-likeness (QED) is 0.113. The number of hydrogen-bond donors (Lipinski definition) is 2. The summed E-state index contributed by atoms with van der Waals surface area (Å²) in [6, 6.07) is 42.9. The van der Waals surface area contributed by atoms with E-state index in [2.05, 4.69) is 10.6 Å². The highest BCUT2D eigenvalue weighted by atomic mass is 32.2. The summed E-state index contributed by atoms with van der Waals surface area (Å²) in [7, 11) is 3.91. The van der Waals surface area contributed by atoms with Gasteiger partial charge in [0.15, 0.2) is 0 Å². The van der Waals surface area contributed by atoms with Gasteiger partial charge in [-0.3, -0.25) is 19.3 Å². The second-order valence-corrected chi connectivity index (χ2v) is 12.4. The van der Waals surface area contributed by atoms with Gasteiger partial charge in [0.1, 0.15) is 5.70 Å². The maximum absolute atomic E-state index is 13.7. The molecule has 47 heavy (non-hydrogen) atoms. The topological polar surface area (TPSA) is 81.8 Å². The van der Waals surface area contributed by atoms with Gasteiger partial charge >= 0.3 is 0 Å². The largest absolute Gasteiger partial charge is 0.378 e. The van der Waals surface area contributed by atoms with Gasteiger partial charge in [0, 0.05) is 47.3 Å². The number of rotatable bonds is 11. The summed E-state index contributed by atoms with van der Waals surface area (Å²) in [6.07, 6.45) is 1.65. The molecular weight excluding hydrogens is 605 g/mol. The Labute approximate surface area is 279 Å². The molecule has 0 aliphatic heterocycles. The highest BCUT2D eigenvalue weighted by Crippen LogP contribution is 2.31. The normalized spacial score (nSPS) is 11.7. The van der Waals surface area contributed by atoms with Gasteiger partial charge < -0.3 is 15.5 Å². The molecule has 1 atom stereocenters. The first kappa shape index (κ1) is 32.8. The van der Waals surface area contributed by atoms with Gasteiger partial charge in [0.2, 0.25) is 5.91 Å². The molecular formula is C39H36N4O3S. The Bertz CT molecular complexity index is 1790. The molecule has 3 amide bonds. The monoisotopic (exact) mass is 640 g/mol. The van der Waals surface area contributed by atoms with E-state index < -0.39 is 11.2 Å². The van der Waals surface area contributed by atoms with E-state index in [0.717, 1.165) is 27.5 Å². The van der Waals surface area contributed by atoms with Gasteiger partial charge in [-0.05, 0) is 91.4 Å². The van der Waals surface area contributed by atoms with Crippen LogP contribution >= 0.6 is 11.8 Å². The third-order valence-electron chi connectivity index (χ3n) is 7.27. The van der Waals surface area contributed by atoms with E-state index in [4.69, 9.17) is 0 Å². The fourth-order valence-electron chi connectivity index (χ4n) is 4.79. The summed E-state index contributed by atoms with van der Waals surface area (Å²) < 4.78 is 0. The standard InChI is InChI=1S/C39H36N4O3S/c1-28(39(46)43(33-15-9-5-10-16-33)34-17-11-6-12-18-34)47-35-25-21-31(22-26-35)40-38(45)36(41-37(44)30-13-7-4-8-14-30)27-29-19-23-32(24-20-29)42(2)3/h4-28H,1-3H3,(H,40,45)(H,41,44)/b36-27-. The number of para-hydroxylation sites is 2. The zero-order chi connectivity index (χ0) is 33.2. The van der Waals surface area contributed by atoms with Crippen LogP contribution < -0.4 is 20.4 Å². The average molecular weight is 641 g/mol. The molecule has 5 rings (SSSR count). The minimum Gasteiger partial charge on any atom is -0.378 e. The molecule has 0 saturated heterocycles. The Balaban J connectivity index is 1.30. The molecule has 0 radical (unpaired) electrons. The van der Waals surface area contributed by atoms with Crippen molar-refractivity contribution < 1.29 is 14.4 Å². The first-order valence-corrected chi connectivity index (χ1v) is 16.0. The lowest BCUT2D eigenvalue weighted by Crippen LogP contribution is -2.32. The van der Waals surface area contributed by atoms with Crippen LogP contribution in [0.1, 0.15) is 22.8 Å². The van der Waals surface area contributed by atoms with E-state index in [-0.39, 0.29) is 17.5 Å². The van der Waals surface area contributed by atoms with Crippen molar-refractivity contribution in [1.82, 2.24) is 5.32 Å². The first-order valence-electron chi connectivity index (χ1n) is 15.2. The number of carbonyl (C=O) groups is 3. The lowest BCUT2D eigenvalue weighted by atomic mass is 10.1. The SMILES string of the molecule is CC(Sc1ccc(NC(=O)/C(=C/c2ccc(N(C)C)cc2)NC(=O)c2ccccc2)cc1)C(=O)N(c1ccccc1)c1ccccc1. The Morgan fingerprint density at radius 2 is 1.19 bits per heavy atom. The predicted molar refractivity (Wildman–Crippen MR) is 193 cm³/mol. The molecule has 0 aromatic heterocycles. The van der Waals surface area contributed by atoms with Crippen LogP contribution in [0.2, 0.25) is 0 Å². The van der Waals surface area contributed by atoms with E-state index in [0.29, 0.717) is 11.3 Å². The van der Waals surface area contributed by atoms with Gasteiger partial charge in [-0.15, -0.1) is 11.8 Å². The van der Waals surface area contributed by atoms with Crippen molar-refractivity contribution in [1.29, 1.82) is 0 Å². The summed E-state index contributed by atoms with van der Waals surface area (Å²) in [5, 5.41) is 5.29. The Hall–Kier alpha value is -5.60. The average Bonchev–Trinajstić information content (AvgIpc) is 3.10. The molecule has 0 saturated carbocycles. The number of carbonyl (C=O) groups excluding carboxylic acids is 3. The fourth-order valence-corrected chi connectivity index (χ4v) is 5.69. The minimum atomic E-state index is -0.462. The molecule has 8 heteroatoms. The van der Waals surface area contributed by atoms with Crippen LogP contribution in [0, 0.1) is 0 Å². The van der Waals surface area contributed by atoms with E-state index in [1.165, 1.54) is 11.8 Å². The van der Waals surface area contributed by atoms with Gasteiger partial charge in [-0.25, -0.2) is 0 Å². The second kappa shape index (κ2) is 15.6. The highest BCUT2D eigenvalue weighted by Gasteiger charge is 2.24. The van der Waals surface area contributed by atoms with E-state index >= 15 is 0 Å². The van der Waals surface area contributed by atoms with E-state index in [1.807, 2.05) is 129 Å². The number of benzene rings is 5. The van der Waals surface area contributed by atoms with Crippen LogP contribution in [-0.4, -0.2) is 37.1 Å².